The molecule has 1 aliphatic rings. The Kier molecular flexibility index (Phi) is 3.74. The van der Waals surface area contributed by atoms with Gasteiger partial charge in [0.2, 0.25) is 5.95 Å². The lowest BCUT2D eigenvalue weighted by molar-refractivity contribution is 0.276. The van der Waals surface area contributed by atoms with Crippen molar-refractivity contribution in [3.05, 3.63) is 59.8 Å². The first kappa shape index (κ1) is 14.8. The molecule has 0 atom stereocenters. The molecule has 1 aromatic carbocycles. The first-order valence-electron chi connectivity index (χ1n) is 7.88. The molecule has 0 fully saturated rings. The van der Waals surface area contributed by atoms with E-state index in [0.717, 1.165) is 29.4 Å². The van der Waals surface area contributed by atoms with Crippen molar-refractivity contribution in [2.24, 2.45) is 0 Å². The van der Waals surface area contributed by atoms with E-state index in [9.17, 15) is 9.50 Å². The Balaban J connectivity index is 1.59. The van der Waals surface area contributed by atoms with Crippen LogP contribution < -0.4 is 4.90 Å². The highest BCUT2D eigenvalue weighted by Gasteiger charge is 2.17. The van der Waals surface area contributed by atoms with Crippen LogP contribution in [-0.2, 0) is 6.61 Å². The van der Waals surface area contributed by atoms with Crippen molar-refractivity contribution in [2.45, 2.75) is 13.0 Å². The molecule has 0 bridgehead atoms. The molecule has 0 radical (unpaired) electrons. The van der Waals surface area contributed by atoms with Crippen LogP contribution in [0.25, 0.3) is 16.5 Å². The number of aromatic nitrogens is 3. The van der Waals surface area contributed by atoms with Crippen LogP contribution in [0.2, 0.25) is 0 Å². The van der Waals surface area contributed by atoms with Gasteiger partial charge in [0, 0.05) is 41.9 Å². The SMILES string of the molecule is OCc1ccnc(N2CC=C(c3c[nH]c4cc(F)ccc34)CC2)n1. The maximum atomic E-state index is 13.3. The van der Waals surface area contributed by atoms with E-state index in [2.05, 4.69) is 25.9 Å². The van der Waals surface area contributed by atoms with Crippen molar-refractivity contribution in [3.8, 4) is 0 Å². The largest absolute Gasteiger partial charge is 0.390 e. The van der Waals surface area contributed by atoms with Gasteiger partial charge in [0.05, 0.1) is 12.3 Å². The summed E-state index contributed by atoms with van der Waals surface area (Å²) in [7, 11) is 0. The molecule has 0 amide bonds. The number of hydrogen-bond acceptors (Lipinski definition) is 4. The van der Waals surface area contributed by atoms with Gasteiger partial charge in [-0.05, 0) is 36.3 Å². The van der Waals surface area contributed by atoms with Gasteiger partial charge in [-0.2, -0.15) is 0 Å². The Hall–Kier alpha value is -2.73. The van der Waals surface area contributed by atoms with Gasteiger partial charge in [-0.1, -0.05) is 6.08 Å². The Bertz CT molecular complexity index is 918. The lowest BCUT2D eigenvalue weighted by Crippen LogP contribution is -2.30. The summed E-state index contributed by atoms with van der Waals surface area (Å²) in [4.78, 5) is 13.9. The zero-order valence-electron chi connectivity index (χ0n) is 13.0. The number of nitrogens with zero attached hydrogens (tertiary/aromatic N) is 3. The van der Waals surface area contributed by atoms with Crippen molar-refractivity contribution >= 4 is 22.4 Å². The highest BCUT2D eigenvalue weighted by atomic mass is 19.1. The van der Waals surface area contributed by atoms with Gasteiger partial charge in [-0.25, -0.2) is 14.4 Å². The summed E-state index contributed by atoms with van der Waals surface area (Å²) >= 11 is 0. The third kappa shape index (κ3) is 2.65. The Morgan fingerprint density at radius 2 is 2.21 bits per heavy atom. The number of aliphatic hydroxyl groups excluding tert-OH is 1. The van der Waals surface area contributed by atoms with Gasteiger partial charge in [-0.15, -0.1) is 0 Å². The van der Waals surface area contributed by atoms with E-state index in [1.54, 1.807) is 12.3 Å². The van der Waals surface area contributed by atoms with Crippen molar-refractivity contribution < 1.29 is 9.50 Å². The molecule has 4 rings (SSSR count). The van der Waals surface area contributed by atoms with Gasteiger partial charge < -0.3 is 15.0 Å². The number of anilines is 1. The highest BCUT2D eigenvalue weighted by molar-refractivity contribution is 5.93. The lowest BCUT2D eigenvalue weighted by atomic mass is 9.99. The third-order valence-corrected chi connectivity index (χ3v) is 4.34. The minimum absolute atomic E-state index is 0.0870. The maximum absolute atomic E-state index is 13.3. The van der Waals surface area contributed by atoms with Crippen LogP contribution in [0.3, 0.4) is 0 Å². The second-order valence-corrected chi connectivity index (χ2v) is 5.82. The van der Waals surface area contributed by atoms with Crippen LogP contribution in [0.15, 0.2) is 42.7 Å². The van der Waals surface area contributed by atoms with Gasteiger partial charge in [-0.3, -0.25) is 0 Å². The maximum Gasteiger partial charge on any atom is 0.225 e. The van der Waals surface area contributed by atoms with Gasteiger partial charge in [0.1, 0.15) is 5.82 Å². The Labute approximate surface area is 138 Å². The number of hydrogen-bond donors (Lipinski definition) is 2. The average molecular weight is 324 g/mol. The summed E-state index contributed by atoms with van der Waals surface area (Å²) in [6.45, 7) is 1.42. The molecular formula is C18H17FN4O. The summed E-state index contributed by atoms with van der Waals surface area (Å²) < 4.78 is 13.3. The standard InChI is InChI=1S/C18H17FN4O/c19-13-1-2-15-16(10-21-17(15)9-13)12-4-7-23(8-5-12)18-20-6-3-14(11-24)22-18/h1-4,6,9-10,21,24H,5,7-8,11H2. The smallest absolute Gasteiger partial charge is 0.225 e. The summed E-state index contributed by atoms with van der Waals surface area (Å²) in [5.41, 5.74) is 3.79. The van der Waals surface area contributed by atoms with E-state index in [1.807, 2.05) is 12.3 Å². The van der Waals surface area contributed by atoms with Crippen LogP contribution in [0.1, 0.15) is 17.7 Å². The minimum Gasteiger partial charge on any atom is -0.390 e. The highest BCUT2D eigenvalue weighted by Crippen LogP contribution is 2.30. The molecule has 0 spiro atoms. The summed E-state index contributed by atoms with van der Waals surface area (Å²) in [6.07, 6.45) is 6.62. The first-order valence-corrected chi connectivity index (χ1v) is 7.88. The lowest BCUT2D eigenvalue weighted by Gasteiger charge is -2.26. The van der Waals surface area contributed by atoms with Crippen LogP contribution in [0.5, 0.6) is 0 Å². The first-order chi connectivity index (χ1) is 11.7. The zero-order valence-corrected chi connectivity index (χ0v) is 13.0. The number of H-pyrrole nitrogens is 1. The molecule has 1 aliphatic heterocycles. The normalized spacial score (nSPS) is 14.9. The monoisotopic (exact) mass is 324 g/mol. The molecule has 24 heavy (non-hydrogen) atoms. The molecule has 5 nitrogen and oxygen atoms in total. The molecule has 6 heteroatoms. The molecule has 2 N–H and O–H groups in total. The second-order valence-electron chi connectivity index (χ2n) is 5.82. The summed E-state index contributed by atoms with van der Waals surface area (Å²) in [5.74, 6) is 0.401. The summed E-state index contributed by atoms with van der Waals surface area (Å²) in [6, 6.07) is 6.53. The fourth-order valence-corrected chi connectivity index (χ4v) is 3.08. The number of halogens is 1. The molecule has 2 aromatic heterocycles. The molecule has 122 valence electrons. The molecule has 0 aliphatic carbocycles. The second kappa shape index (κ2) is 6.05. The van der Waals surface area contributed by atoms with Crippen LogP contribution in [0.4, 0.5) is 10.3 Å². The predicted octanol–water partition coefficient (Wildman–Crippen LogP) is 2.88. The van der Waals surface area contributed by atoms with E-state index in [0.29, 0.717) is 18.2 Å². The molecule has 0 saturated heterocycles. The fourth-order valence-electron chi connectivity index (χ4n) is 3.08. The zero-order chi connectivity index (χ0) is 16.5. The molecular weight excluding hydrogens is 307 g/mol. The number of rotatable bonds is 3. The number of fused-ring (bicyclic) bond motifs is 1. The Morgan fingerprint density at radius 3 is 3.00 bits per heavy atom. The fraction of sp³-hybridized carbons (Fsp3) is 0.222. The number of aliphatic hydroxyl groups is 1. The summed E-state index contributed by atoms with van der Waals surface area (Å²) in [5, 5.41) is 10.2. The minimum atomic E-state index is -0.236. The van der Waals surface area contributed by atoms with Gasteiger partial charge in [0.15, 0.2) is 0 Å². The van der Waals surface area contributed by atoms with E-state index >= 15 is 0 Å². The van der Waals surface area contributed by atoms with E-state index in [4.69, 9.17) is 0 Å². The van der Waals surface area contributed by atoms with E-state index in [1.165, 1.54) is 17.7 Å². The van der Waals surface area contributed by atoms with Crippen molar-refractivity contribution in [2.75, 3.05) is 18.0 Å². The predicted molar refractivity (Wildman–Crippen MR) is 91.0 cm³/mol. The Morgan fingerprint density at radius 1 is 1.29 bits per heavy atom. The van der Waals surface area contributed by atoms with E-state index in [-0.39, 0.29) is 12.4 Å². The van der Waals surface area contributed by atoms with Crippen molar-refractivity contribution in [1.82, 2.24) is 15.0 Å². The van der Waals surface area contributed by atoms with Crippen molar-refractivity contribution in [1.29, 1.82) is 0 Å². The average Bonchev–Trinajstić information content (AvgIpc) is 3.05. The van der Waals surface area contributed by atoms with Gasteiger partial charge >= 0.3 is 0 Å². The number of aromatic amines is 1. The number of benzene rings is 1. The molecule has 0 unspecified atom stereocenters. The van der Waals surface area contributed by atoms with Crippen molar-refractivity contribution in [3.63, 3.8) is 0 Å². The van der Waals surface area contributed by atoms with Crippen LogP contribution in [0, 0.1) is 5.82 Å². The third-order valence-electron chi connectivity index (χ3n) is 4.34. The van der Waals surface area contributed by atoms with E-state index < -0.39 is 0 Å². The molecule has 0 saturated carbocycles. The van der Waals surface area contributed by atoms with Crippen LogP contribution in [-0.4, -0.2) is 33.1 Å². The molecule has 3 heterocycles. The van der Waals surface area contributed by atoms with Crippen LogP contribution >= 0.6 is 0 Å². The molecule has 3 aromatic rings. The topological polar surface area (TPSA) is 65.0 Å². The quantitative estimate of drug-likeness (QED) is 0.777. The number of nitrogens with one attached hydrogen (secondary N) is 1. The van der Waals surface area contributed by atoms with Gasteiger partial charge in [0.25, 0.3) is 0 Å².